The van der Waals surface area contributed by atoms with Gasteiger partial charge in [-0.3, -0.25) is 4.79 Å². The van der Waals surface area contributed by atoms with Crippen LogP contribution in [-0.4, -0.2) is 30.0 Å². The first-order chi connectivity index (χ1) is 10.5. The van der Waals surface area contributed by atoms with Crippen LogP contribution in [-0.2, 0) is 0 Å². The van der Waals surface area contributed by atoms with E-state index < -0.39 is 5.63 Å². The lowest BCUT2D eigenvalue weighted by molar-refractivity contribution is 0.0175. The van der Waals surface area contributed by atoms with Gasteiger partial charge in [0.15, 0.2) is 0 Å². The van der Waals surface area contributed by atoms with E-state index in [0.29, 0.717) is 30.2 Å². The Morgan fingerprint density at radius 1 is 1.23 bits per heavy atom. The quantitative estimate of drug-likeness (QED) is 0.871. The van der Waals surface area contributed by atoms with Crippen molar-refractivity contribution in [1.29, 1.82) is 0 Å². The lowest BCUT2D eigenvalue weighted by atomic mass is 10.1. The van der Waals surface area contributed by atoms with Gasteiger partial charge in [0.2, 0.25) is 0 Å². The summed E-state index contributed by atoms with van der Waals surface area (Å²) in [5.41, 5.74) is 1.32. The average molecular weight is 299 g/mol. The molecule has 1 aliphatic rings. The molecule has 0 unspecified atom stereocenters. The Labute approximate surface area is 128 Å². The van der Waals surface area contributed by atoms with Crippen molar-refractivity contribution >= 4 is 5.91 Å². The number of rotatable bonds is 3. The number of carbonyl (C=O) groups is 1. The first-order valence-electron chi connectivity index (χ1n) is 7.15. The molecule has 2 aromatic rings. The van der Waals surface area contributed by atoms with Crippen molar-refractivity contribution in [1.82, 2.24) is 4.90 Å². The summed E-state index contributed by atoms with van der Waals surface area (Å²) in [7, 11) is 0. The molecule has 3 rings (SSSR count). The number of hydrogen-bond donors (Lipinski definition) is 0. The second-order valence-electron chi connectivity index (χ2n) is 5.54. The molecule has 1 aromatic carbocycles. The molecule has 5 heteroatoms. The maximum absolute atomic E-state index is 12.3. The van der Waals surface area contributed by atoms with Gasteiger partial charge in [-0.2, -0.15) is 0 Å². The van der Waals surface area contributed by atoms with E-state index in [-0.39, 0.29) is 12.0 Å². The fourth-order valence-electron chi connectivity index (χ4n) is 2.48. The van der Waals surface area contributed by atoms with E-state index >= 15 is 0 Å². The molecule has 0 aliphatic carbocycles. The predicted molar refractivity (Wildman–Crippen MR) is 81.2 cm³/mol. The van der Waals surface area contributed by atoms with Crippen LogP contribution in [0.2, 0.25) is 0 Å². The summed E-state index contributed by atoms with van der Waals surface area (Å²) < 4.78 is 10.6. The summed E-state index contributed by atoms with van der Waals surface area (Å²) >= 11 is 0. The largest absolute Gasteiger partial charge is 0.486 e. The van der Waals surface area contributed by atoms with Gasteiger partial charge in [0.05, 0.1) is 19.2 Å². The van der Waals surface area contributed by atoms with Crippen LogP contribution in [0.1, 0.15) is 21.7 Å². The van der Waals surface area contributed by atoms with E-state index in [1.807, 2.05) is 31.2 Å². The Morgan fingerprint density at radius 3 is 2.68 bits per heavy atom. The Hall–Kier alpha value is -2.56. The van der Waals surface area contributed by atoms with Gasteiger partial charge in [-0.25, -0.2) is 4.79 Å². The van der Waals surface area contributed by atoms with Crippen LogP contribution in [0.4, 0.5) is 0 Å². The Bertz CT molecular complexity index is 759. The van der Waals surface area contributed by atoms with Crippen LogP contribution in [0.15, 0.2) is 45.6 Å². The summed E-state index contributed by atoms with van der Waals surface area (Å²) in [5, 5.41) is 0. The van der Waals surface area contributed by atoms with Gasteiger partial charge >= 0.3 is 5.63 Å². The molecule has 1 aromatic heterocycles. The molecular formula is C17H17NO4. The number of ether oxygens (including phenoxy) is 1. The highest BCUT2D eigenvalue weighted by Gasteiger charge is 2.32. The monoisotopic (exact) mass is 299 g/mol. The molecule has 5 nitrogen and oxygen atoms in total. The maximum atomic E-state index is 12.3. The van der Waals surface area contributed by atoms with Gasteiger partial charge in [0.25, 0.3) is 5.91 Å². The zero-order valence-electron chi connectivity index (χ0n) is 12.5. The predicted octanol–water partition coefficient (Wildman–Crippen LogP) is 2.16. The molecule has 0 bridgehead atoms. The summed E-state index contributed by atoms with van der Waals surface area (Å²) in [6.45, 7) is 4.70. The normalized spacial score (nSPS) is 14.5. The third kappa shape index (κ3) is 3.03. The van der Waals surface area contributed by atoms with Crippen LogP contribution < -0.4 is 10.4 Å². The first-order valence-corrected chi connectivity index (χ1v) is 7.15. The van der Waals surface area contributed by atoms with Crippen LogP contribution in [0, 0.1) is 13.8 Å². The van der Waals surface area contributed by atoms with Crippen molar-refractivity contribution < 1.29 is 13.9 Å². The van der Waals surface area contributed by atoms with Crippen molar-refractivity contribution in [2.45, 2.75) is 20.0 Å². The summed E-state index contributed by atoms with van der Waals surface area (Å²) in [6, 6.07) is 10.5. The standard InChI is InChI=1S/C17H17NO4/c1-11-4-3-5-13(6-11)17(20)18-9-15(10-18)22-14-7-12(2)21-16(19)8-14/h3-8,15H,9-10H2,1-2H3. The average Bonchev–Trinajstić information content (AvgIpc) is 2.40. The third-order valence-corrected chi connectivity index (χ3v) is 3.57. The number of aryl methyl sites for hydroxylation is 2. The van der Waals surface area contributed by atoms with E-state index in [1.165, 1.54) is 6.07 Å². The van der Waals surface area contributed by atoms with Gasteiger partial charge in [0.1, 0.15) is 17.6 Å². The van der Waals surface area contributed by atoms with Crippen LogP contribution in [0.25, 0.3) is 0 Å². The molecule has 2 heterocycles. The summed E-state index contributed by atoms with van der Waals surface area (Å²) in [6.07, 6.45) is -0.0880. The molecule has 1 fully saturated rings. The molecule has 0 N–H and O–H groups in total. The molecule has 22 heavy (non-hydrogen) atoms. The SMILES string of the molecule is Cc1cccc(C(=O)N2CC(Oc3cc(C)oc(=O)c3)C2)c1. The van der Waals surface area contributed by atoms with Crippen LogP contribution in [0.5, 0.6) is 5.75 Å². The van der Waals surface area contributed by atoms with E-state index in [1.54, 1.807) is 17.9 Å². The molecule has 0 saturated carbocycles. The lowest BCUT2D eigenvalue weighted by Crippen LogP contribution is -2.56. The minimum absolute atomic E-state index is 0.00676. The lowest BCUT2D eigenvalue weighted by Gasteiger charge is -2.39. The number of carbonyl (C=O) groups excluding carboxylic acids is 1. The highest BCUT2D eigenvalue weighted by molar-refractivity contribution is 5.95. The highest BCUT2D eigenvalue weighted by atomic mass is 16.5. The molecule has 1 amide bonds. The molecule has 0 atom stereocenters. The molecule has 114 valence electrons. The zero-order valence-corrected chi connectivity index (χ0v) is 12.5. The fourth-order valence-corrected chi connectivity index (χ4v) is 2.48. The van der Waals surface area contributed by atoms with Crippen LogP contribution in [0.3, 0.4) is 0 Å². The minimum atomic E-state index is -0.429. The van der Waals surface area contributed by atoms with Crippen LogP contribution >= 0.6 is 0 Å². The minimum Gasteiger partial charge on any atom is -0.486 e. The Balaban J connectivity index is 1.60. The zero-order chi connectivity index (χ0) is 15.7. The summed E-state index contributed by atoms with van der Waals surface area (Å²) in [5.74, 6) is 1.00. The fraction of sp³-hybridized carbons (Fsp3) is 0.294. The maximum Gasteiger partial charge on any atom is 0.339 e. The number of nitrogens with zero attached hydrogens (tertiary/aromatic N) is 1. The number of hydrogen-bond acceptors (Lipinski definition) is 4. The second-order valence-corrected chi connectivity index (χ2v) is 5.54. The molecule has 0 radical (unpaired) electrons. The third-order valence-electron chi connectivity index (χ3n) is 3.57. The van der Waals surface area contributed by atoms with Crippen molar-refractivity contribution in [2.75, 3.05) is 13.1 Å². The van der Waals surface area contributed by atoms with Crippen molar-refractivity contribution in [3.05, 3.63) is 63.7 Å². The highest BCUT2D eigenvalue weighted by Crippen LogP contribution is 2.20. The molecular weight excluding hydrogens is 282 g/mol. The van der Waals surface area contributed by atoms with Gasteiger partial charge in [0, 0.05) is 11.6 Å². The Morgan fingerprint density at radius 2 is 2.00 bits per heavy atom. The van der Waals surface area contributed by atoms with E-state index in [2.05, 4.69) is 0 Å². The summed E-state index contributed by atoms with van der Waals surface area (Å²) in [4.78, 5) is 25.3. The smallest absolute Gasteiger partial charge is 0.339 e. The van der Waals surface area contributed by atoms with E-state index in [0.717, 1.165) is 5.56 Å². The molecule has 1 saturated heterocycles. The number of benzene rings is 1. The van der Waals surface area contributed by atoms with Crippen molar-refractivity contribution in [3.63, 3.8) is 0 Å². The topological polar surface area (TPSA) is 59.8 Å². The van der Waals surface area contributed by atoms with Crippen molar-refractivity contribution in [3.8, 4) is 5.75 Å². The van der Waals surface area contributed by atoms with E-state index in [4.69, 9.17) is 9.15 Å². The Kier molecular flexibility index (Phi) is 3.71. The molecule has 1 aliphatic heterocycles. The van der Waals surface area contributed by atoms with Gasteiger partial charge in [-0.1, -0.05) is 17.7 Å². The first kappa shape index (κ1) is 14.4. The molecule has 0 spiro atoms. The van der Waals surface area contributed by atoms with Crippen molar-refractivity contribution in [2.24, 2.45) is 0 Å². The van der Waals surface area contributed by atoms with Gasteiger partial charge < -0.3 is 14.1 Å². The van der Waals surface area contributed by atoms with Gasteiger partial charge in [-0.05, 0) is 26.0 Å². The van der Waals surface area contributed by atoms with Gasteiger partial charge in [-0.15, -0.1) is 0 Å². The number of amides is 1. The second kappa shape index (κ2) is 5.67. The van der Waals surface area contributed by atoms with E-state index in [9.17, 15) is 9.59 Å². The number of likely N-dealkylation sites (tertiary alicyclic amines) is 1.